The van der Waals surface area contributed by atoms with Crippen LogP contribution in [0.5, 0.6) is 0 Å². The van der Waals surface area contributed by atoms with E-state index in [2.05, 4.69) is 20.4 Å². The number of ether oxygens (including phenoxy) is 1. The molecule has 214 valence electrons. The molecular formula is C25H27F3N6O5S. The van der Waals surface area contributed by atoms with Gasteiger partial charge in [0.2, 0.25) is 0 Å². The predicted molar refractivity (Wildman–Crippen MR) is 136 cm³/mol. The molecule has 3 heterocycles. The van der Waals surface area contributed by atoms with Crippen molar-refractivity contribution in [1.82, 2.24) is 30.0 Å². The van der Waals surface area contributed by atoms with Gasteiger partial charge >= 0.3 is 6.18 Å². The van der Waals surface area contributed by atoms with Gasteiger partial charge < -0.3 is 15.0 Å². The van der Waals surface area contributed by atoms with Crippen molar-refractivity contribution in [3.63, 3.8) is 0 Å². The van der Waals surface area contributed by atoms with Gasteiger partial charge in [0.15, 0.2) is 21.5 Å². The van der Waals surface area contributed by atoms with Crippen LogP contribution in [0, 0.1) is 0 Å². The molecule has 2 amide bonds. The molecule has 1 fully saturated rings. The molecule has 11 nitrogen and oxygen atoms in total. The molecule has 3 atom stereocenters. The number of nitrogens with zero attached hydrogens (tertiary/aromatic N) is 5. The molecule has 40 heavy (non-hydrogen) atoms. The van der Waals surface area contributed by atoms with Crippen molar-refractivity contribution in [2.24, 2.45) is 0 Å². The number of nitrogens with one attached hydrogen (secondary N) is 1. The summed E-state index contributed by atoms with van der Waals surface area (Å²) in [6, 6.07) is 4.20. The number of hydrogen-bond acceptors (Lipinski definition) is 8. The van der Waals surface area contributed by atoms with Crippen LogP contribution in [0.4, 0.5) is 13.2 Å². The van der Waals surface area contributed by atoms with E-state index in [-0.39, 0.29) is 29.8 Å². The van der Waals surface area contributed by atoms with Crippen molar-refractivity contribution in [1.29, 1.82) is 0 Å². The number of amides is 2. The number of aromatic nitrogens is 4. The third kappa shape index (κ3) is 6.47. The summed E-state index contributed by atoms with van der Waals surface area (Å²) in [4.78, 5) is 35.3. The maximum atomic E-state index is 13.4. The Hall–Kier alpha value is -3.85. The van der Waals surface area contributed by atoms with Gasteiger partial charge in [-0.3, -0.25) is 9.59 Å². The number of carbonyl (C=O) groups is 2. The number of halogens is 3. The number of morpholine rings is 1. The van der Waals surface area contributed by atoms with E-state index >= 15 is 0 Å². The maximum Gasteiger partial charge on any atom is 0.416 e. The summed E-state index contributed by atoms with van der Waals surface area (Å²) in [6.45, 7) is 6.21. The van der Waals surface area contributed by atoms with Crippen LogP contribution in [0.25, 0.3) is 5.82 Å². The molecule has 0 radical (unpaired) electrons. The average molecular weight is 581 g/mol. The number of pyridine rings is 1. The summed E-state index contributed by atoms with van der Waals surface area (Å²) in [5.74, 6) is -0.658. The average Bonchev–Trinajstić information content (AvgIpc) is 3.37. The van der Waals surface area contributed by atoms with E-state index in [0.717, 1.165) is 12.3 Å². The van der Waals surface area contributed by atoms with Crippen LogP contribution in [-0.4, -0.2) is 76.4 Å². The highest BCUT2D eigenvalue weighted by Crippen LogP contribution is 2.32. The Morgan fingerprint density at radius 2 is 1.75 bits per heavy atom. The zero-order chi connectivity index (χ0) is 29.4. The van der Waals surface area contributed by atoms with E-state index in [1.54, 1.807) is 17.0 Å². The van der Waals surface area contributed by atoms with Gasteiger partial charge in [0.05, 0.1) is 34.3 Å². The number of benzene rings is 1. The molecule has 0 saturated carbocycles. The molecule has 2 unspecified atom stereocenters. The van der Waals surface area contributed by atoms with Gasteiger partial charge in [0.25, 0.3) is 11.8 Å². The zero-order valence-corrected chi connectivity index (χ0v) is 22.8. The second-order valence-corrected chi connectivity index (χ2v) is 11.6. The second-order valence-electron chi connectivity index (χ2n) is 9.61. The first-order chi connectivity index (χ1) is 18.6. The van der Waals surface area contributed by atoms with Crippen LogP contribution in [0.1, 0.15) is 58.9 Å². The maximum absolute atomic E-state index is 13.4. The topological polar surface area (TPSA) is 136 Å². The van der Waals surface area contributed by atoms with E-state index in [4.69, 9.17) is 4.74 Å². The van der Waals surface area contributed by atoms with Gasteiger partial charge in [-0.25, -0.2) is 18.4 Å². The van der Waals surface area contributed by atoms with Gasteiger partial charge in [0, 0.05) is 31.1 Å². The molecule has 1 aromatic carbocycles. The molecule has 2 aromatic heterocycles. The lowest BCUT2D eigenvalue weighted by Gasteiger charge is -2.35. The fourth-order valence-electron chi connectivity index (χ4n) is 4.34. The van der Waals surface area contributed by atoms with E-state index < -0.39 is 44.0 Å². The van der Waals surface area contributed by atoms with E-state index in [1.807, 2.05) is 13.8 Å². The van der Waals surface area contributed by atoms with Crippen molar-refractivity contribution >= 4 is 21.7 Å². The molecule has 0 aliphatic carbocycles. The molecule has 4 rings (SSSR count). The SMILES string of the molecule is CC1CN(C(=O)c2ccc(-n3ncnc3[C@H](C)NC(=O)c3cc(C(F)(F)F)cc(S(C)(=O)=O)c3)nc2)CC(C)O1. The molecule has 3 aromatic rings. The summed E-state index contributed by atoms with van der Waals surface area (Å²) in [5, 5.41) is 6.64. The quantitative estimate of drug-likeness (QED) is 0.470. The van der Waals surface area contributed by atoms with Crippen molar-refractivity contribution in [2.45, 2.75) is 50.1 Å². The van der Waals surface area contributed by atoms with Crippen LogP contribution in [-0.2, 0) is 20.8 Å². The third-order valence-electron chi connectivity index (χ3n) is 6.15. The highest BCUT2D eigenvalue weighted by atomic mass is 32.2. The normalized spacial score (nSPS) is 18.8. The van der Waals surface area contributed by atoms with Crippen LogP contribution >= 0.6 is 0 Å². The Kier molecular flexibility index (Phi) is 7.99. The number of hydrogen-bond donors (Lipinski definition) is 1. The predicted octanol–water partition coefficient (Wildman–Crippen LogP) is 2.83. The lowest BCUT2D eigenvalue weighted by Crippen LogP contribution is -2.48. The number of sulfone groups is 1. The minimum absolute atomic E-state index is 0.0942. The van der Waals surface area contributed by atoms with Crippen LogP contribution in [0.2, 0.25) is 0 Å². The van der Waals surface area contributed by atoms with Gasteiger partial charge in [-0.2, -0.15) is 23.0 Å². The minimum atomic E-state index is -4.86. The Bertz CT molecular complexity index is 1510. The smallest absolute Gasteiger partial charge is 0.372 e. The van der Waals surface area contributed by atoms with Crippen molar-refractivity contribution in [3.8, 4) is 5.82 Å². The van der Waals surface area contributed by atoms with Crippen LogP contribution in [0.15, 0.2) is 47.8 Å². The van der Waals surface area contributed by atoms with Crippen molar-refractivity contribution in [2.75, 3.05) is 19.3 Å². The molecule has 0 bridgehead atoms. The molecule has 1 aliphatic rings. The summed E-state index contributed by atoms with van der Waals surface area (Å²) in [7, 11) is -4.03. The number of alkyl halides is 3. The molecule has 1 aliphatic heterocycles. The van der Waals surface area contributed by atoms with E-state index in [0.29, 0.717) is 30.8 Å². The highest BCUT2D eigenvalue weighted by molar-refractivity contribution is 7.90. The summed E-state index contributed by atoms with van der Waals surface area (Å²) in [5.41, 5.74) is -1.39. The Morgan fingerprint density at radius 1 is 1.07 bits per heavy atom. The molecule has 1 N–H and O–H groups in total. The monoisotopic (exact) mass is 580 g/mol. The molecule has 15 heteroatoms. The Morgan fingerprint density at radius 3 is 2.33 bits per heavy atom. The van der Waals surface area contributed by atoms with E-state index in [1.165, 1.54) is 24.1 Å². The first-order valence-corrected chi connectivity index (χ1v) is 14.1. The largest absolute Gasteiger partial charge is 0.416 e. The van der Waals surface area contributed by atoms with Crippen molar-refractivity contribution < 1.29 is 35.9 Å². The summed E-state index contributed by atoms with van der Waals surface area (Å²) < 4.78 is 70.9. The standard InChI is InChI=1S/C25H27F3N6O5S/c1-14-11-33(12-15(2)39-14)24(36)17-5-6-21(29-10-17)34-22(30-13-31-34)16(3)32-23(35)18-7-19(25(26,27)28)9-20(8-18)40(4,37)38/h5-10,13-16H,11-12H2,1-4H3,(H,32,35)/t14?,15?,16-/m0/s1. The number of rotatable bonds is 6. The fourth-order valence-corrected chi connectivity index (χ4v) is 5.02. The minimum Gasteiger partial charge on any atom is -0.372 e. The van der Waals surface area contributed by atoms with Gasteiger partial charge in [-0.15, -0.1) is 0 Å². The second kappa shape index (κ2) is 11.0. The third-order valence-corrected chi connectivity index (χ3v) is 7.24. The molecule has 0 spiro atoms. The summed E-state index contributed by atoms with van der Waals surface area (Å²) >= 11 is 0. The molecular weight excluding hydrogens is 553 g/mol. The van der Waals surface area contributed by atoms with Gasteiger partial charge in [-0.05, 0) is 51.1 Å². The fraction of sp³-hybridized carbons (Fsp3) is 0.400. The number of carbonyl (C=O) groups excluding carboxylic acids is 2. The Balaban J connectivity index is 1.53. The van der Waals surface area contributed by atoms with Gasteiger partial charge in [-0.1, -0.05) is 0 Å². The lowest BCUT2D eigenvalue weighted by atomic mass is 10.1. The first kappa shape index (κ1) is 29.1. The van der Waals surface area contributed by atoms with E-state index in [9.17, 15) is 31.2 Å². The summed E-state index contributed by atoms with van der Waals surface area (Å²) in [6.07, 6.45) is -1.69. The van der Waals surface area contributed by atoms with Crippen LogP contribution < -0.4 is 5.32 Å². The highest BCUT2D eigenvalue weighted by Gasteiger charge is 2.33. The van der Waals surface area contributed by atoms with Crippen LogP contribution in [0.3, 0.4) is 0 Å². The van der Waals surface area contributed by atoms with Gasteiger partial charge in [0.1, 0.15) is 6.33 Å². The molecule has 1 saturated heterocycles. The lowest BCUT2D eigenvalue weighted by molar-refractivity contribution is -0.137. The Labute approximate surface area is 228 Å². The zero-order valence-electron chi connectivity index (χ0n) is 22.0. The first-order valence-electron chi connectivity index (χ1n) is 12.2. The van der Waals surface area contributed by atoms with Crippen molar-refractivity contribution in [3.05, 3.63) is 65.4 Å².